The van der Waals surface area contributed by atoms with Gasteiger partial charge in [-0.05, 0) is 36.8 Å². The van der Waals surface area contributed by atoms with Gasteiger partial charge in [-0.1, -0.05) is 23.9 Å². The Balaban J connectivity index is 1.81. The van der Waals surface area contributed by atoms with Crippen molar-refractivity contribution in [2.75, 3.05) is 25.3 Å². The summed E-state index contributed by atoms with van der Waals surface area (Å²) in [5.41, 5.74) is 2.89. The number of pyridine rings is 1. The van der Waals surface area contributed by atoms with Crippen molar-refractivity contribution < 1.29 is 14.3 Å². The molecule has 0 saturated heterocycles. The Kier molecular flexibility index (Phi) is 6.02. The number of thioether (sulfide) groups is 1. The predicted molar refractivity (Wildman–Crippen MR) is 110 cm³/mol. The van der Waals surface area contributed by atoms with Crippen LogP contribution in [0.4, 0.5) is 5.69 Å². The van der Waals surface area contributed by atoms with E-state index >= 15 is 0 Å². The molecule has 6 nitrogen and oxygen atoms in total. The zero-order valence-electron chi connectivity index (χ0n) is 15.8. The average Bonchev–Trinajstić information content (AvgIpc) is 2.70. The summed E-state index contributed by atoms with van der Waals surface area (Å²) >= 11 is 1.22. The largest absolute Gasteiger partial charge is 0.493 e. The number of rotatable bonds is 6. The molecule has 1 N–H and O–H groups in total. The van der Waals surface area contributed by atoms with Gasteiger partial charge in [-0.25, -0.2) is 4.98 Å². The Morgan fingerprint density at radius 3 is 2.61 bits per heavy atom. The Morgan fingerprint density at radius 1 is 1.18 bits per heavy atom. The van der Waals surface area contributed by atoms with Crippen molar-refractivity contribution in [3.05, 3.63) is 53.6 Å². The number of benzene rings is 2. The summed E-state index contributed by atoms with van der Waals surface area (Å²) in [6, 6.07) is 15.0. The molecule has 142 valence electrons. The van der Waals surface area contributed by atoms with Gasteiger partial charge in [0.1, 0.15) is 11.1 Å². The molecule has 0 aliphatic heterocycles. The molecule has 2 aromatic carbocycles. The lowest BCUT2D eigenvalue weighted by molar-refractivity contribution is -0.113. The van der Waals surface area contributed by atoms with Crippen LogP contribution in [-0.4, -0.2) is 30.9 Å². The number of ether oxygens (including phenoxy) is 2. The van der Waals surface area contributed by atoms with E-state index in [1.54, 1.807) is 32.4 Å². The number of carbonyl (C=O) groups excluding carboxylic acids is 1. The first kappa shape index (κ1) is 19.5. The molecule has 0 saturated carbocycles. The van der Waals surface area contributed by atoms with E-state index in [-0.39, 0.29) is 11.7 Å². The summed E-state index contributed by atoms with van der Waals surface area (Å²) in [5, 5.41) is 13.6. The summed E-state index contributed by atoms with van der Waals surface area (Å²) in [5.74, 6) is 1.11. The molecule has 0 unspecified atom stereocenters. The second-order valence-electron chi connectivity index (χ2n) is 6.06. The highest BCUT2D eigenvalue weighted by atomic mass is 32.2. The molecule has 0 aliphatic carbocycles. The van der Waals surface area contributed by atoms with Crippen LogP contribution in [0, 0.1) is 18.3 Å². The Bertz CT molecular complexity index is 1080. The summed E-state index contributed by atoms with van der Waals surface area (Å²) in [6.07, 6.45) is 0. The molecule has 0 fully saturated rings. The molecule has 28 heavy (non-hydrogen) atoms. The molecule has 0 atom stereocenters. The Hall–Kier alpha value is -3.24. The van der Waals surface area contributed by atoms with E-state index in [1.807, 2.05) is 31.2 Å². The highest BCUT2D eigenvalue weighted by molar-refractivity contribution is 8.00. The first-order valence-electron chi connectivity index (χ1n) is 8.50. The van der Waals surface area contributed by atoms with Crippen molar-refractivity contribution in [3.63, 3.8) is 0 Å². The van der Waals surface area contributed by atoms with Crippen LogP contribution in [0.3, 0.4) is 0 Å². The lowest BCUT2D eigenvalue weighted by Gasteiger charge is -2.11. The fourth-order valence-electron chi connectivity index (χ4n) is 2.73. The highest BCUT2D eigenvalue weighted by Gasteiger charge is 2.13. The number of methoxy groups -OCH3 is 2. The molecule has 1 aromatic heterocycles. The number of hydrogen-bond acceptors (Lipinski definition) is 6. The van der Waals surface area contributed by atoms with E-state index in [1.165, 1.54) is 11.8 Å². The molecule has 1 amide bonds. The van der Waals surface area contributed by atoms with Gasteiger partial charge < -0.3 is 14.8 Å². The van der Waals surface area contributed by atoms with Gasteiger partial charge in [0, 0.05) is 17.1 Å². The lowest BCUT2D eigenvalue weighted by Crippen LogP contribution is -2.14. The van der Waals surface area contributed by atoms with Gasteiger partial charge in [-0.3, -0.25) is 4.79 Å². The fraction of sp³-hybridized carbons (Fsp3) is 0.190. The zero-order chi connectivity index (χ0) is 20.1. The molecule has 0 spiro atoms. The minimum Gasteiger partial charge on any atom is -0.493 e. The van der Waals surface area contributed by atoms with Crippen LogP contribution in [0.2, 0.25) is 0 Å². The molecular formula is C21H19N3O3S. The molecule has 0 bridgehead atoms. The van der Waals surface area contributed by atoms with Crippen LogP contribution in [0.15, 0.2) is 47.5 Å². The maximum Gasteiger partial charge on any atom is 0.234 e. The topological polar surface area (TPSA) is 84.2 Å². The van der Waals surface area contributed by atoms with Crippen molar-refractivity contribution >= 4 is 34.3 Å². The van der Waals surface area contributed by atoms with Gasteiger partial charge in [-0.2, -0.15) is 5.26 Å². The average molecular weight is 393 g/mol. The van der Waals surface area contributed by atoms with Crippen LogP contribution in [-0.2, 0) is 4.79 Å². The molecule has 1 heterocycles. The van der Waals surface area contributed by atoms with Crippen molar-refractivity contribution in [3.8, 4) is 17.6 Å². The minimum atomic E-state index is -0.159. The summed E-state index contributed by atoms with van der Waals surface area (Å²) < 4.78 is 10.6. The SMILES string of the molecule is COc1cc2cc(C#N)c(SCC(=O)Nc3cccc(C)c3)nc2cc1OC. The number of aryl methyl sites for hydroxylation is 1. The van der Waals surface area contributed by atoms with Crippen LogP contribution in [0.25, 0.3) is 10.9 Å². The van der Waals surface area contributed by atoms with E-state index in [0.717, 1.165) is 16.6 Å². The van der Waals surface area contributed by atoms with E-state index < -0.39 is 0 Å². The van der Waals surface area contributed by atoms with Gasteiger partial charge in [0.15, 0.2) is 11.5 Å². The quantitative estimate of drug-likeness (QED) is 0.633. The number of anilines is 1. The van der Waals surface area contributed by atoms with E-state index in [0.29, 0.717) is 27.6 Å². The fourth-order valence-corrected chi connectivity index (χ4v) is 3.49. The number of hydrogen-bond donors (Lipinski definition) is 1. The monoisotopic (exact) mass is 393 g/mol. The Labute approximate surface area is 167 Å². The normalized spacial score (nSPS) is 10.4. The first-order chi connectivity index (χ1) is 13.5. The molecule has 3 aromatic rings. The maximum absolute atomic E-state index is 12.3. The first-order valence-corrected chi connectivity index (χ1v) is 9.49. The number of fused-ring (bicyclic) bond motifs is 1. The maximum atomic E-state index is 12.3. The lowest BCUT2D eigenvalue weighted by atomic mass is 10.1. The number of nitrogens with one attached hydrogen (secondary N) is 1. The van der Waals surface area contributed by atoms with Gasteiger partial charge in [0.2, 0.25) is 5.91 Å². The number of carbonyl (C=O) groups is 1. The van der Waals surface area contributed by atoms with Crippen LogP contribution in [0.1, 0.15) is 11.1 Å². The van der Waals surface area contributed by atoms with Gasteiger partial charge in [-0.15, -0.1) is 0 Å². The van der Waals surface area contributed by atoms with Gasteiger partial charge in [0.05, 0.1) is 31.1 Å². The van der Waals surface area contributed by atoms with E-state index in [4.69, 9.17) is 9.47 Å². The van der Waals surface area contributed by atoms with Crippen LogP contribution < -0.4 is 14.8 Å². The van der Waals surface area contributed by atoms with Crippen LogP contribution >= 0.6 is 11.8 Å². The highest BCUT2D eigenvalue weighted by Crippen LogP contribution is 2.33. The summed E-state index contributed by atoms with van der Waals surface area (Å²) in [6.45, 7) is 1.96. The number of aromatic nitrogens is 1. The number of nitrogens with zero attached hydrogens (tertiary/aromatic N) is 2. The Morgan fingerprint density at radius 2 is 1.93 bits per heavy atom. The number of nitriles is 1. The smallest absolute Gasteiger partial charge is 0.234 e. The summed E-state index contributed by atoms with van der Waals surface area (Å²) in [4.78, 5) is 16.8. The van der Waals surface area contributed by atoms with E-state index in [9.17, 15) is 10.1 Å². The zero-order valence-corrected chi connectivity index (χ0v) is 16.6. The second kappa shape index (κ2) is 8.63. The second-order valence-corrected chi connectivity index (χ2v) is 7.02. The van der Waals surface area contributed by atoms with Gasteiger partial charge in [0.25, 0.3) is 0 Å². The van der Waals surface area contributed by atoms with Crippen LogP contribution in [0.5, 0.6) is 11.5 Å². The third kappa shape index (κ3) is 4.35. The number of amides is 1. The predicted octanol–water partition coefficient (Wildman–Crippen LogP) is 4.16. The molecular weight excluding hydrogens is 374 g/mol. The minimum absolute atomic E-state index is 0.147. The molecule has 0 aliphatic rings. The third-order valence-electron chi connectivity index (χ3n) is 4.05. The standard InChI is InChI=1S/C21H19N3O3S/c1-13-5-4-6-16(7-13)23-20(25)12-28-21-15(11-22)8-14-9-18(26-2)19(27-3)10-17(14)24-21/h4-10H,12H2,1-3H3,(H,23,25). The van der Waals surface area contributed by atoms with Crippen molar-refractivity contribution in [2.45, 2.75) is 11.9 Å². The van der Waals surface area contributed by atoms with E-state index in [2.05, 4.69) is 16.4 Å². The van der Waals surface area contributed by atoms with Gasteiger partial charge >= 0.3 is 0 Å². The molecule has 7 heteroatoms. The molecule has 0 radical (unpaired) electrons. The third-order valence-corrected chi connectivity index (χ3v) is 5.04. The summed E-state index contributed by atoms with van der Waals surface area (Å²) in [7, 11) is 3.11. The van der Waals surface area contributed by atoms with Crippen molar-refractivity contribution in [1.29, 1.82) is 5.26 Å². The van der Waals surface area contributed by atoms with Crippen molar-refractivity contribution in [1.82, 2.24) is 4.98 Å². The van der Waals surface area contributed by atoms with Crippen molar-refractivity contribution in [2.24, 2.45) is 0 Å². The molecule has 3 rings (SSSR count).